The van der Waals surface area contributed by atoms with E-state index in [0.29, 0.717) is 30.3 Å². The van der Waals surface area contributed by atoms with Crippen molar-refractivity contribution in [2.75, 3.05) is 13.2 Å². The molecule has 0 aromatic heterocycles. The minimum absolute atomic E-state index is 0.211. The van der Waals surface area contributed by atoms with E-state index in [1.165, 1.54) is 0 Å². The molecule has 1 heterocycles. The lowest BCUT2D eigenvalue weighted by atomic mass is 10.1. The maximum Gasteiger partial charge on any atom is 0.333 e. The molecule has 0 bridgehead atoms. The van der Waals surface area contributed by atoms with Crippen LogP contribution in [0, 0.1) is 6.92 Å². The van der Waals surface area contributed by atoms with Gasteiger partial charge in [-0.05, 0) is 0 Å². The van der Waals surface area contributed by atoms with Gasteiger partial charge in [0.25, 0.3) is 0 Å². The lowest BCUT2D eigenvalue weighted by Gasteiger charge is -2.16. The highest BCUT2D eigenvalue weighted by molar-refractivity contribution is 5.99. The molecule has 0 N–H and O–H groups in total. The van der Waals surface area contributed by atoms with Gasteiger partial charge in [0, 0.05) is 12.1 Å². The molecule has 0 fully saturated rings. The highest BCUT2D eigenvalue weighted by Gasteiger charge is 2.17. The van der Waals surface area contributed by atoms with Crippen LogP contribution in [0.15, 0.2) is 18.2 Å². The van der Waals surface area contributed by atoms with Gasteiger partial charge in [-0.3, -0.25) is 0 Å². The van der Waals surface area contributed by atoms with Crippen LogP contribution < -0.4 is 9.47 Å². The van der Waals surface area contributed by atoms with Crippen LogP contribution in [-0.4, -0.2) is 19.0 Å². The number of Topliss-reactive ketones (excluding diaryl/α,β-unsaturated/α-hetero) is 1. The lowest BCUT2D eigenvalue weighted by Crippen LogP contribution is -2.15. The van der Waals surface area contributed by atoms with Crippen LogP contribution in [-0.2, 0) is 0 Å². The van der Waals surface area contributed by atoms with E-state index in [-0.39, 0.29) is 5.78 Å². The first-order chi connectivity index (χ1) is 6.27. The molecular formula is C10H9O3+. The van der Waals surface area contributed by atoms with E-state index < -0.39 is 0 Å². The Labute approximate surface area is 76.3 Å². The quantitative estimate of drug-likeness (QED) is 0.481. The summed E-state index contributed by atoms with van der Waals surface area (Å²) in [6.07, 6.45) is 0. The number of hydrogen-bond donors (Lipinski definition) is 0. The molecule has 0 atom stereocenters. The summed E-state index contributed by atoms with van der Waals surface area (Å²) in [5.41, 5.74) is 0.546. The first kappa shape index (κ1) is 7.98. The zero-order valence-corrected chi connectivity index (χ0v) is 7.08. The van der Waals surface area contributed by atoms with Crippen molar-refractivity contribution in [3.05, 3.63) is 30.7 Å². The molecule has 0 spiro atoms. The number of benzene rings is 1. The predicted molar refractivity (Wildman–Crippen MR) is 47.1 cm³/mol. The number of carbonyl (C=O) groups is 1. The highest BCUT2D eigenvalue weighted by atomic mass is 16.6. The number of fused-ring (bicyclic) bond motifs is 1. The molecule has 0 unspecified atom stereocenters. The smallest absolute Gasteiger partial charge is 0.333 e. The Bertz CT molecular complexity index is 344. The van der Waals surface area contributed by atoms with Crippen LogP contribution in [0.3, 0.4) is 0 Å². The van der Waals surface area contributed by atoms with Crippen LogP contribution in [0.1, 0.15) is 10.4 Å². The van der Waals surface area contributed by atoms with Crippen LogP contribution in [0.25, 0.3) is 0 Å². The van der Waals surface area contributed by atoms with Crippen LogP contribution >= 0.6 is 0 Å². The molecule has 0 saturated carbocycles. The molecule has 0 saturated heterocycles. The number of ether oxygens (including phenoxy) is 2. The van der Waals surface area contributed by atoms with Gasteiger partial charge in [0.2, 0.25) is 0 Å². The summed E-state index contributed by atoms with van der Waals surface area (Å²) in [4.78, 5) is 10.9. The van der Waals surface area contributed by atoms with Crippen LogP contribution in [0.4, 0.5) is 0 Å². The predicted octanol–water partition coefficient (Wildman–Crippen LogP) is 1.47. The monoisotopic (exact) mass is 177 g/mol. The Kier molecular flexibility index (Phi) is 1.85. The molecule has 1 aliphatic heterocycles. The van der Waals surface area contributed by atoms with Crippen LogP contribution in [0.5, 0.6) is 11.5 Å². The maximum absolute atomic E-state index is 10.9. The third-order valence-electron chi connectivity index (χ3n) is 1.86. The SMILES string of the molecule is [CH2+]C(=O)c1ccc2c(c1)OCCO2. The zero-order chi connectivity index (χ0) is 9.26. The fourth-order valence-electron chi connectivity index (χ4n) is 1.22. The molecule has 13 heavy (non-hydrogen) atoms. The van der Waals surface area contributed by atoms with E-state index in [9.17, 15) is 4.79 Å². The van der Waals surface area contributed by atoms with Crippen molar-refractivity contribution in [1.82, 2.24) is 0 Å². The van der Waals surface area contributed by atoms with Gasteiger partial charge >= 0.3 is 5.78 Å². The normalized spacial score (nSPS) is 13.8. The van der Waals surface area contributed by atoms with E-state index in [4.69, 9.17) is 9.47 Å². The van der Waals surface area contributed by atoms with Gasteiger partial charge in [0.15, 0.2) is 17.1 Å². The average molecular weight is 177 g/mol. The van der Waals surface area contributed by atoms with Crippen molar-refractivity contribution in [1.29, 1.82) is 0 Å². The molecule has 0 aliphatic carbocycles. The van der Waals surface area contributed by atoms with Gasteiger partial charge in [-0.2, -0.15) is 0 Å². The molecule has 3 heteroatoms. The number of carbonyl (C=O) groups excluding carboxylic acids is 1. The van der Waals surface area contributed by atoms with E-state index >= 15 is 0 Å². The largest absolute Gasteiger partial charge is 0.486 e. The van der Waals surface area contributed by atoms with E-state index in [1.54, 1.807) is 18.2 Å². The summed E-state index contributed by atoms with van der Waals surface area (Å²) >= 11 is 0. The van der Waals surface area contributed by atoms with Gasteiger partial charge in [-0.15, -0.1) is 0 Å². The summed E-state index contributed by atoms with van der Waals surface area (Å²) in [5, 5.41) is 0. The number of ketones is 1. The minimum atomic E-state index is -0.211. The van der Waals surface area contributed by atoms with Crippen molar-refractivity contribution >= 4 is 5.78 Å². The fourth-order valence-corrected chi connectivity index (χ4v) is 1.22. The van der Waals surface area contributed by atoms with Crippen molar-refractivity contribution in [3.8, 4) is 11.5 Å². The number of rotatable bonds is 1. The second-order valence-electron chi connectivity index (χ2n) is 2.78. The van der Waals surface area contributed by atoms with Crippen LogP contribution in [0.2, 0.25) is 0 Å². The fraction of sp³-hybridized carbons (Fsp3) is 0.200. The average Bonchev–Trinajstić information content (AvgIpc) is 2.17. The van der Waals surface area contributed by atoms with Crippen molar-refractivity contribution in [3.63, 3.8) is 0 Å². The molecule has 3 nitrogen and oxygen atoms in total. The number of hydrogen-bond acceptors (Lipinski definition) is 3. The second kappa shape index (κ2) is 3.01. The zero-order valence-electron chi connectivity index (χ0n) is 7.08. The summed E-state index contributed by atoms with van der Waals surface area (Å²) in [6.45, 7) is 4.41. The first-order valence-corrected chi connectivity index (χ1v) is 4.03. The lowest BCUT2D eigenvalue weighted by molar-refractivity contribution is 0.104. The maximum atomic E-state index is 10.9. The Hall–Kier alpha value is -1.64. The van der Waals surface area contributed by atoms with Gasteiger partial charge < -0.3 is 9.47 Å². The van der Waals surface area contributed by atoms with E-state index in [2.05, 4.69) is 6.92 Å². The van der Waals surface area contributed by atoms with E-state index in [1.807, 2.05) is 0 Å². The molecule has 0 radical (unpaired) electrons. The molecule has 1 aromatic rings. The first-order valence-electron chi connectivity index (χ1n) is 4.03. The Morgan fingerprint density at radius 1 is 1.23 bits per heavy atom. The van der Waals surface area contributed by atoms with Gasteiger partial charge in [-0.1, -0.05) is 0 Å². The summed E-state index contributed by atoms with van der Waals surface area (Å²) in [6, 6.07) is 5.07. The minimum Gasteiger partial charge on any atom is -0.486 e. The topological polar surface area (TPSA) is 35.5 Å². The molecular weight excluding hydrogens is 168 g/mol. The summed E-state index contributed by atoms with van der Waals surface area (Å²) < 4.78 is 10.6. The van der Waals surface area contributed by atoms with Crippen molar-refractivity contribution < 1.29 is 14.3 Å². The second-order valence-corrected chi connectivity index (χ2v) is 2.78. The van der Waals surface area contributed by atoms with Crippen molar-refractivity contribution in [2.24, 2.45) is 0 Å². The Balaban J connectivity index is 2.40. The third kappa shape index (κ3) is 1.45. The Morgan fingerprint density at radius 3 is 2.62 bits per heavy atom. The van der Waals surface area contributed by atoms with E-state index in [0.717, 1.165) is 0 Å². The molecule has 0 amide bonds. The molecule has 1 aliphatic rings. The van der Waals surface area contributed by atoms with Gasteiger partial charge in [0.1, 0.15) is 13.2 Å². The van der Waals surface area contributed by atoms with Gasteiger partial charge in [0.05, 0.1) is 13.0 Å². The summed E-state index contributed by atoms with van der Waals surface area (Å²) in [5.74, 6) is 1.11. The standard InChI is InChI=1S/C10H9O3/c1-7(11)8-2-3-9-10(6-8)13-5-4-12-9/h2-3,6H,1,4-5H2/q+1. The third-order valence-corrected chi connectivity index (χ3v) is 1.86. The van der Waals surface area contributed by atoms with Crippen molar-refractivity contribution in [2.45, 2.75) is 0 Å². The van der Waals surface area contributed by atoms with Gasteiger partial charge in [-0.25, -0.2) is 4.79 Å². The Morgan fingerprint density at radius 2 is 1.92 bits per heavy atom. The highest BCUT2D eigenvalue weighted by Crippen LogP contribution is 2.30. The summed E-state index contributed by atoms with van der Waals surface area (Å²) in [7, 11) is 0. The molecule has 2 rings (SSSR count). The molecule has 1 aromatic carbocycles. The molecule has 66 valence electrons.